The highest BCUT2D eigenvalue weighted by Gasteiger charge is 2.29. The first-order valence-corrected chi connectivity index (χ1v) is 14.4. The summed E-state index contributed by atoms with van der Waals surface area (Å²) in [5.74, 6) is -0.608. The van der Waals surface area contributed by atoms with Gasteiger partial charge in [0.25, 0.3) is 0 Å². The highest BCUT2D eigenvalue weighted by Crippen LogP contribution is 2.31. The first kappa shape index (κ1) is 30.2. The molecule has 0 saturated carbocycles. The fourth-order valence-corrected chi connectivity index (χ4v) is 5.13. The molecule has 0 fully saturated rings. The van der Waals surface area contributed by atoms with Gasteiger partial charge in [-0.3, -0.25) is 13.9 Å². The summed E-state index contributed by atoms with van der Waals surface area (Å²) in [4.78, 5) is 27.7. The van der Waals surface area contributed by atoms with Crippen LogP contribution < -0.4 is 9.62 Å². The normalized spacial score (nSPS) is 12.7. The number of sulfonamides is 1. The van der Waals surface area contributed by atoms with Crippen molar-refractivity contribution in [1.29, 1.82) is 0 Å². The molecule has 0 aliphatic rings. The lowest BCUT2D eigenvalue weighted by atomic mass is 10.1. The van der Waals surface area contributed by atoms with Crippen molar-refractivity contribution < 1.29 is 18.0 Å². The number of carbonyl (C=O) groups is 2. The molecule has 0 aliphatic carbocycles. The third-order valence-electron chi connectivity index (χ3n) is 5.29. The molecule has 2 aromatic carbocycles. The smallest absolute Gasteiger partial charge is 0.242 e. The van der Waals surface area contributed by atoms with Gasteiger partial charge in [0.15, 0.2) is 0 Å². The molecule has 1 atom stereocenters. The number of hydrogen-bond donors (Lipinski definition) is 1. The van der Waals surface area contributed by atoms with E-state index in [0.717, 1.165) is 10.6 Å². The van der Waals surface area contributed by atoms with Gasteiger partial charge in [-0.2, -0.15) is 0 Å². The van der Waals surface area contributed by atoms with Crippen molar-refractivity contribution in [2.75, 3.05) is 17.1 Å². The van der Waals surface area contributed by atoms with Gasteiger partial charge in [-0.05, 0) is 63.9 Å². The second-order valence-electron chi connectivity index (χ2n) is 9.56. The van der Waals surface area contributed by atoms with Gasteiger partial charge in [-0.25, -0.2) is 8.42 Å². The molecule has 0 radical (unpaired) electrons. The number of hydrogen-bond acceptors (Lipinski definition) is 4. The third-order valence-corrected chi connectivity index (χ3v) is 7.40. The van der Waals surface area contributed by atoms with E-state index in [4.69, 9.17) is 34.8 Å². The van der Waals surface area contributed by atoms with E-state index in [1.807, 2.05) is 26.8 Å². The Morgan fingerprint density at radius 2 is 1.67 bits per heavy atom. The molecule has 36 heavy (non-hydrogen) atoms. The Morgan fingerprint density at radius 1 is 1.03 bits per heavy atom. The maximum atomic E-state index is 13.3. The SMILES string of the molecule is C[C@H](C(=O)NC(C)(C)C)N(Cc1ccccc1Cl)C(=O)CCCN(c1cc(Cl)ccc1Cl)S(C)(=O)=O. The Morgan fingerprint density at radius 3 is 2.25 bits per heavy atom. The molecule has 2 rings (SSSR count). The van der Waals surface area contributed by atoms with Gasteiger partial charge in [0.1, 0.15) is 6.04 Å². The van der Waals surface area contributed by atoms with E-state index in [9.17, 15) is 18.0 Å². The van der Waals surface area contributed by atoms with Gasteiger partial charge in [-0.15, -0.1) is 0 Å². The molecule has 1 N–H and O–H groups in total. The molecular weight excluding hydrogens is 545 g/mol. The monoisotopic (exact) mass is 575 g/mol. The number of anilines is 1. The Hall–Kier alpha value is -2.00. The molecule has 198 valence electrons. The average Bonchev–Trinajstić information content (AvgIpc) is 2.75. The maximum Gasteiger partial charge on any atom is 0.242 e. The quantitative estimate of drug-likeness (QED) is 0.403. The lowest BCUT2D eigenvalue weighted by molar-refractivity contribution is -0.141. The van der Waals surface area contributed by atoms with Crippen LogP contribution in [0.4, 0.5) is 5.69 Å². The third kappa shape index (κ3) is 8.83. The number of halogens is 3. The Labute approximate surface area is 228 Å². The molecule has 0 unspecified atom stereocenters. The molecule has 0 bridgehead atoms. The zero-order valence-electron chi connectivity index (χ0n) is 21.0. The van der Waals surface area contributed by atoms with Crippen molar-refractivity contribution in [3.05, 3.63) is 63.1 Å². The minimum absolute atomic E-state index is 0.00178. The highest BCUT2D eigenvalue weighted by atomic mass is 35.5. The molecule has 2 aromatic rings. The van der Waals surface area contributed by atoms with E-state index in [-0.39, 0.29) is 48.5 Å². The fourth-order valence-electron chi connectivity index (χ4n) is 3.53. The molecule has 0 saturated heterocycles. The Balaban J connectivity index is 2.24. The number of rotatable bonds is 10. The van der Waals surface area contributed by atoms with E-state index in [0.29, 0.717) is 15.6 Å². The molecule has 0 aliphatic heterocycles. The van der Waals surface area contributed by atoms with E-state index in [2.05, 4.69) is 5.32 Å². The summed E-state index contributed by atoms with van der Waals surface area (Å²) in [7, 11) is -3.70. The predicted octanol–water partition coefficient (Wildman–Crippen LogP) is 5.53. The first-order chi connectivity index (χ1) is 16.6. The van der Waals surface area contributed by atoms with E-state index in [1.54, 1.807) is 31.2 Å². The Bertz CT molecular complexity index is 1200. The van der Waals surface area contributed by atoms with Crippen molar-refractivity contribution in [1.82, 2.24) is 10.2 Å². The number of carbonyl (C=O) groups excluding carboxylic acids is 2. The number of nitrogens with one attached hydrogen (secondary N) is 1. The second kappa shape index (κ2) is 12.5. The molecular formula is C25H32Cl3N3O4S. The minimum Gasteiger partial charge on any atom is -0.350 e. The number of amides is 2. The molecule has 7 nitrogen and oxygen atoms in total. The van der Waals surface area contributed by atoms with Crippen LogP contribution in [0.1, 0.15) is 46.1 Å². The molecule has 11 heteroatoms. The predicted molar refractivity (Wildman–Crippen MR) is 147 cm³/mol. The number of nitrogens with zero attached hydrogens (tertiary/aromatic N) is 2. The van der Waals surface area contributed by atoms with Gasteiger partial charge >= 0.3 is 0 Å². The van der Waals surface area contributed by atoms with Crippen molar-refractivity contribution in [3.63, 3.8) is 0 Å². The van der Waals surface area contributed by atoms with E-state index >= 15 is 0 Å². The summed E-state index contributed by atoms with van der Waals surface area (Å²) in [6.45, 7) is 7.38. The van der Waals surface area contributed by atoms with Crippen molar-refractivity contribution in [2.45, 2.75) is 58.7 Å². The van der Waals surface area contributed by atoms with Crippen molar-refractivity contribution in [3.8, 4) is 0 Å². The lowest BCUT2D eigenvalue weighted by Crippen LogP contribution is -2.52. The summed E-state index contributed by atoms with van der Waals surface area (Å²) < 4.78 is 26.1. The number of benzene rings is 2. The fraction of sp³-hybridized carbons (Fsp3) is 0.440. The van der Waals surface area contributed by atoms with Crippen LogP contribution in [-0.4, -0.2) is 49.5 Å². The van der Waals surface area contributed by atoms with Crippen LogP contribution >= 0.6 is 34.8 Å². The molecule has 0 aromatic heterocycles. The standard InChI is InChI=1S/C25H32Cl3N3O4S/c1-17(24(33)29-25(2,3)4)30(16-18-9-6-7-10-20(18)27)23(32)11-8-14-31(36(5,34)35)22-15-19(26)12-13-21(22)28/h6-7,9-10,12-13,15,17H,8,11,14,16H2,1-5H3,(H,29,33)/t17-/m1/s1. The topological polar surface area (TPSA) is 86.8 Å². The van der Waals surface area contributed by atoms with Crippen LogP contribution in [0.3, 0.4) is 0 Å². The van der Waals surface area contributed by atoms with Crippen LogP contribution in [-0.2, 0) is 26.2 Å². The summed E-state index contributed by atoms with van der Waals surface area (Å²) in [6, 6.07) is 10.9. The maximum absolute atomic E-state index is 13.3. The highest BCUT2D eigenvalue weighted by molar-refractivity contribution is 7.92. The van der Waals surface area contributed by atoms with E-state index < -0.39 is 21.6 Å². The average molecular weight is 577 g/mol. The van der Waals surface area contributed by atoms with Gasteiger partial charge in [0.2, 0.25) is 21.8 Å². The lowest BCUT2D eigenvalue weighted by Gasteiger charge is -2.32. The van der Waals surface area contributed by atoms with Gasteiger partial charge in [0, 0.05) is 35.1 Å². The Kier molecular flexibility index (Phi) is 10.5. The molecule has 0 heterocycles. The van der Waals surface area contributed by atoms with Crippen LogP contribution in [0.15, 0.2) is 42.5 Å². The van der Waals surface area contributed by atoms with Gasteiger partial charge in [0.05, 0.1) is 17.0 Å². The van der Waals surface area contributed by atoms with Crippen molar-refractivity contribution >= 4 is 62.3 Å². The molecule has 0 spiro atoms. The zero-order chi connectivity index (χ0) is 27.3. The molecule has 2 amide bonds. The van der Waals surface area contributed by atoms with Gasteiger partial charge < -0.3 is 10.2 Å². The van der Waals surface area contributed by atoms with E-state index in [1.165, 1.54) is 17.0 Å². The summed E-state index contributed by atoms with van der Waals surface area (Å²) >= 11 is 18.6. The summed E-state index contributed by atoms with van der Waals surface area (Å²) in [5.41, 5.74) is 0.466. The van der Waals surface area contributed by atoms with Crippen LogP contribution in [0, 0.1) is 0 Å². The zero-order valence-corrected chi connectivity index (χ0v) is 24.1. The summed E-state index contributed by atoms with van der Waals surface area (Å²) in [5, 5.41) is 3.95. The minimum atomic E-state index is -3.70. The largest absolute Gasteiger partial charge is 0.350 e. The second-order valence-corrected chi connectivity index (χ2v) is 12.7. The van der Waals surface area contributed by atoms with Gasteiger partial charge in [-0.1, -0.05) is 53.0 Å². The van der Waals surface area contributed by atoms with Crippen LogP contribution in [0.25, 0.3) is 0 Å². The van der Waals surface area contributed by atoms with Crippen LogP contribution in [0.5, 0.6) is 0 Å². The summed E-state index contributed by atoms with van der Waals surface area (Å²) in [6.07, 6.45) is 1.26. The van der Waals surface area contributed by atoms with Crippen molar-refractivity contribution in [2.24, 2.45) is 0 Å². The first-order valence-electron chi connectivity index (χ1n) is 11.4. The van der Waals surface area contributed by atoms with Crippen LogP contribution in [0.2, 0.25) is 15.1 Å².